The van der Waals surface area contributed by atoms with Gasteiger partial charge in [-0.1, -0.05) is 23.7 Å². The molecule has 0 amide bonds. The molecule has 2 aromatic rings. The number of hydrazone groups is 1. The van der Waals surface area contributed by atoms with Crippen molar-refractivity contribution in [2.24, 2.45) is 5.10 Å². The molecule has 0 aliphatic heterocycles. The predicted molar refractivity (Wildman–Crippen MR) is 78.8 cm³/mol. The molecular formula is C15H9ClF3N3. The van der Waals surface area contributed by atoms with Crippen LogP contribution < -0.4 is 5.43 Å². The van der Waals surface area contributed by atoms with Crippen molar-refractivity contribution in [3.05, 3.63) is 64.2 Å². The summed E-state index contributed by atoms with van der Waals surface area (Å²) in [6, 6.07) is 11.5. The van der Waals surface area contributed by atoms with Crippen molar-refractivity contribution < 1.29 is 13.2 Å². The largest absolute Gasteiger partial charge is 0.416 e. The Labute approximate surface area is 129 Å². The Bertz CT molecular complexity index is 731. The second kappa shape index (κ2) is 6.50. The lowest BCUT2D eigenvalue weighted by Gasteiger charge is -2.09. The Kier molecular flexibility index (Phi) is 4.68. The quantitative estimate of drug-likeness (QED) is 0.658. The van der Waals surface area contributed by atoms with Crippen LogP contribution >= 0.6 is 11.6 Å². The van der Waals surface area contributed by atoms with Crippen LogP contribution in [0.2, 0.25) is 5.02 Å². The predicted octanol–water partition coefficient (Wildman–Crippen LogP) is 4.68. The molecule has 0 saturated carbocycles. The van der Waals surface area contributed by atoms with Gasteiger partial charge in [0.1, 0.15) is 0 Å². The van der Waals surface area contributed by atoms with Gasteiger partial charge in [0.15, 0.2) is 0 Å². The summed E-state index contributed by atoms with van der Waals surface area (Å²) in [5.74, 6) is 0. The Hall–Kier alpha value is -2.52. The average Bonchev–Trinajstić information content (AvgIpc) is 2.48. The van der Waals surface area contributed by atoms with Crippen LogP contribution in [0.4, 0.5) is 18.9 Å². The fourth-order valence-corrected chi connectivity index (χ4v) is 1.77. The number of benzene rings is 2. The molecule has 3 nitrogen and oxygen atoms in total. The summed E-state index contributed by atoms with van der Waals surface area (Å²) in [5, 5.41) is 12.6. The van der Waals surface area contributed by atoms with Gasteiger partial charge in [-0.15, -0.1) is 0 Å². The van der Waals surface area contributed by atoms with Crippen LogP contribution in [0, 0.1) is 11.3 Å². The number of anilines is 1. The van der Waals surface area contributed by atoms with Crippen molar-refractivity contribution >= 4 is 23.5 Å². The molecule has 22 heavy (non-hydrogen) atoms. The highest BCUT2D eigenvalue weighted by molar-refractivity contribution is 6.33. The van der Waals surface area contributed by atoms with E-state index in [4.69, 9.17) is 16.9 Å². The van der Waals surface area contributed by atoms with Gasteiger partial charge in [0.2, 0.25) is 0 Å². The maximum Gasteiger partial charge on any atom is 0.416 e. The smallest absolute Gasteiger partial charge is 0.277 e. The van der Waals surface area contributed by atoms with E-state index in [-0.39, 0.29) is 10.7 Å². The summed E-state index contributed by atoms with van der Waals surface area (Å²) in [6.07, 6.45) is -3.03. The normalized spacial score (nSPS) is 11.4. The van der Waals surface area contributed by atoms with Gasteiger partial charge < -0.3 is 0 Å². The topological polar surface area (TPSA) is 48.2 Å². The lowest BCUT2D eigenvalue weighted by molar-refractivity contribution is -0.137. The SMILES string of the molecule is N#Cc1ccc(/C=N/Nc2cc(C(F)(F)F)ccc2Cl)cc1. The standard InChI is InChI=1S/C15H9ClF3N3/c16-13-6-5-12(15(17,18)19)7-14(13)22-21-9-11-3-1-10(8-20)2-4-11/h1-7,9,22H/b21-9+. The fraction of sp³-hybridized carbons (Fsp3) is 0.0667. The van der Waals surface area contributed by atoms with E-state index in [1.807, 2.05) is 6.07 Å². The van der Waals surface area contributed by atoms with Crippen molar-refractivity contribution in [2.45, 2.75) is 6.18 Å². The van der Waals surface area contributed by atoms with Gasteiger partial charge in [0, 0.05) is 0 Å². The molecule has 112 valence electrons. The summed E-state index contributed by atoms with van der Waals surface area (Å²) < 4.78 is 37.9. The Morgan fingerprint density at radius 1 is 1.14 bits per heavy atom. The highest BCUT2D eigenvalue weighted by atomic mass is 35.5. The van der Waals surface area contributed by atoms with Crippen molar-refractivity contribution in [3.8, 4) is 6.07 Å². The number of halogens is 4. The van der Waals surface area contributed by atoms with Crippen LogP contribution in [0.3, 0.4) is 0 Å². The number of nitrogens with zero attached hydrogens (tertiary/aromatic N) is 2. The second-order valence-corrected chi connectivity index (χ2v) is 4.70. The number of hydrogen-bond donors (Lipinski definition) is 1. The van der Waals surface area contributed by atoms with Crippen LogP contribution in [0.25, 0.3) is 0 Å². The number of hydrogen-bond acceptors (Lipinski definition) is 3. The van der Waals surface area contributed by atoms with E-state index < -0.39 is 11.7 Å². The summed E-state index contributed by atoms with van der Waals surface area (Å²) in [6.45, 7) is 0. The molecule has 2 aromatic carbocycles. The van der Waals surface area contributed by atoms with Gasteiger partial charge in [-0.3, -0.25) is 5.43 Å². The summed E-state index contributed by atoms with van der Waals surface area (Å²) in [4.78, 5) is 0. The maximum absolute atomic E-state index is 12.6. The minimum atomic E-state index is -4.45. The summed E-state index contributed by atoms with van der Waals surface area (Å²) in [7, 11) is 0. The van der Waals surface area contributed by atoms with Crippen molar-refractivity contribution in [1.29, 1.82) is 5.26 Å². The number of nitrogens with one attached hydrogen (secondary N) is 1. The Morgan fingerprint density at radius 2 is 1.82 bits per heavy atom. The molecule has 0 radical (unpaired) electrons. The van der Waals surface area contributed by atoms with Crippen LogP contribution in [0.15, 0.2) is 47.6 Å². The lowest BCUT2D eigenvalue weighted by Crippen LogP contribution is -2.05. The summed E-state index contributed by atoms with van der Waals surface area (Å²) >= 11 is 5.83. The molecule has 0 bridgehead atoms. The first-order valence-electron chi connectivity index (χ1n) is 6.06. The van der Waals surface area contributed by atoms with Gasteiger partial charge in [0.05, 0.1) is 34.1 Å². The molecule has 2 rings (SSSR count). The van der Waals surface area contributed by atoms with E-state index in [2.05, 4.69) is 10.5 Å². The molecule has 0 fully saturated rings. The van der Waals surface area contributed by atoms with E-state index in [1.54, 1.807) is 24.3 Å². The monoisotopic (exact) mass is 323 g/mol. The van der Waals surface area contributed by atoms with Gasteiger partial charge in [-0.25, -0.2) is 0 Å². The highest BCUT2D eigenvalue weighted by Gasteiger charge is 2.30. The zero-order valence-electron chi connectivity index (χ0n) is 11.0. The molecule has 0 saturated heterocycles. The fourth-order valence-electron chi connectivity index (χ4n) is 1.61. The highest BCUT2D eigenvalue weighted by Crippen LogP contribution is 2.33. The molecule has 0 atom stereocenters. The maximum atomic E-state index is 12.6. The molecule has 0 heterocycles. The Balaban J connectivity index is 2.13. The Morgan fingerprint density at radius 3 is 2.41 bits per heavy atom. The van der Waals surface area contributed by atoms with E-state index >= 15 is 0 Å². The number of alkyl halides is 3. The number of nitriles is 1. The molecule has 1 N–H and O–H groups in total. The third-order valence-corrected chi connectivity index (χ3v) is 3.06. The van der Waals surface area contributed by atoms with E-state index in [0.717, 1.165) is 18.2 Å². The first kappa shape index (κ1) is 15.9. The first-order valence-corrected chi connectivity index (χ1v) is 6.44. The molecule has 0 aromatic heterocycles. The van der Waals surface area contributed by atoms with Gasteiger partial charge in [-0.2, -0.15) is 23.5 Å². The summed E-state index contributed by atoms with van der Waals surface area (Å²) in [5.41, 5.74) is 2.91. The molecule has 0 aliphatic rings. The molecule has 7 heteroatoms. The molecular weight excluding hydrogens is 315 g/mol. The lowest BCUT2D eigenvalue weighted by atomic mass is 10.2. The van der Waals surface area contributed by atoms with Gasteiger partial charge in [0.25, 0.3) is 0 Å². The molecule has 0 spiro atoms. The van der Waals surface area contributed by atoms with Gasteiger partial charge >= 0.3 is 6.18 Å². The van der Waals surface area contributed by atoms with Crippen LogP contribution in [0.1, 0.15) is 16.7 Å². The van der Waals surface area contributed by atoms with Crippen LogP contribution in [0.5, 0.6) is 0 Å². The van der Waals surface area contributed by atoms with Crippen LogP contribution in [-0.4, -0.2) is 6.21 Å². The number of rotatable bonds is 3. The van der Waals surface area contributed by atoms with Crippen molar-refractivity contribution in [1.82, 2.24) is 0 Å². The zero-order valence-corrected chi connectivity index (χ0v) is 11.8. The minimum Gasteiger partial charge on any atom is -0.277 e. The average molecular weight is 324 g/mol. The van der Waals surface area contributed by atoms with E-state index in [1.165, 1.54) is 6.21 Å². The van der Waals surface area contributed by atoms with Crippen molar-refractivity contribution in [2.75, 3.05) is 5.43 Å². The first-order chi connectivity index (χ1) is 10.4. The molecule has 0 unspecified atom stereocenters. The van der Waals surface area contributed by atoms with E-state index in [0.29, 0.717) is 11.1 Å². The zero-order chi connectivity index (χ0) is 16.2. The second-order valence-electron chi connectivity index (χ2n) is 4.30. The third-order valence-electron chi connectivity index (χ3n) is 2.73. The third kappa shape index (κ3) is 3.99. The van der Waals surface area contributed by atoms with E-state index in [9.17, 15) is 13.2 Å². The van der Waals surface area contributed by atoms with Crippen molar-refractivity contribution in [3.63, 3.8) is 0 Å². The molecule has 0 aliphatic carbocycles. The minimum absolute atomic E-state index is 0.0568. The van der Waals surface area contributed by atoms with Crippen LogP contribution in [-0.2, 0) is 6.18 Å². The van der Waals surface area contributed by atoms with Gasteiger partial charge in [-0.05, 0) is 35.9 Å².